The summed E-state index contributed by atoms with van der Waals surface area (Å²) >= 11 is 44.5. The van der Waals surface area contributed by atoms with Gasteiger partial charge in [-0.1, -0.05) is 34.8 Å². The summed E-state index contributed by atoms with van der Waals surface area (Å²) in [7, 11) is 0. The fourth-order valence-electron chi connectivity index (χ4n) is 0. The fraction of sp³-hybridized carbons (Fsp3) is 0.714. The molecule has 102 valence electrons. The quantitative estimate of drug-likeness (QED) is 0.398. The summed E-state index contributed by atoms with van der Waals surface area (Å²) in [5.74, 6) is 1.11. The first-order valence-corrected chi connectivity index (χ1v) is 7.67. The van der Waals surface area contributed by atoms with Crippen molar-refractivity contribution in [2.45, 2.75) is 11.8 Å². The minimum absolute atomic E-state index is 0.0895. The zero-order chi connectivity index (χ0) is 14.0. The maximum absolute atomic E-state index is 5.05. The van der Waals surface area contributed by atoms with Crippen LogP contribution in [0.5, 0.6) is 0 Å². The van der Waals surface area contributed by atoms with E-state index in [-0.39, 0.29) is 14.7 Å². The molecule has 0 aliphatic carbocycles. The molecule has 0 saturated heterocycles. The van der Waals surface area contributed by atoms with Gasteiger partial charge in [-0.25, -0.2) is 0 Å². The molecule has 0 aliphatic heterocycles. The lowest BCUT2D eigenvalue weighted by Crippen LogP contribution is -1.63. The molecule has 0 amide bonds. The highest BCUT2D eigenvalue weighted by Gasteiger charge is 1.75. The van der Waals surface area contributed by atoms with E-state index >= 15 is 0 Å². The summed E-state index contributed by atoms with van der Waals surface area (Å²) in [6.07, 6.45) is 0. The van der Waals surface area contributed by atoms with Crippen LogP contribution in [0.25, 0.3) is 0 Å². The molecule has 0 aromatic carbocycles. The largest absolute Gasteiger partial charge is 0.125 e. The normalized spacial score (nSPS) is 7.44. The van der Waals surface area contributed by atoms with E-state index in [2.05, 4.69) is 0 Å². The summed E-state index contributed by atoms with van der Waals surface area (Å²) < 4.78 is 0.0895. The van der Waals surface area contributed by atoms with Crippen molar-refractivity contribution in [1.82, 2.24) is 0 Å². The standard InChI is InChI=1S/C2HCl3.2C2H4Cl2.CH2Cl2/c3-1-2(4)5;1-2(3)4;3-1-2-4;2-1-3/h1H;2H,1H3;1-2H2;1H2. The second-order valence-electron chi connectivity index (χ2n) is 1.40. The third-order valence-electron chi connectivity index (χ3n) is 0.154. The van der Waals surface area contributed by atoms with Crippen molar-refractivity contribution in [3.63, 3.8) is 0 Å². The van der Waals surface area contributed by atoms with Gasteiger partial charge in [-0.2, -0.15) is 0 Å². The Morgan fingerprint density at radius 2 is 1.12 bits per heavy atom. The molecular formula is C7H11Cl9. The Bertz CT molecular complexity index is 106. The third-order valence-corrected chi connectivity index (χ3v) is 1.39. The summed E-state index contributed by atoms with van der Waals surface area (Å²) in [5, 5.41) is 0.194. The predicted octanol–water partition coefficient (Wildman–Crippen LogP) is 7.20. The number of halogens is 9. The molecule has 0 unspecified atom stereocenters. The highest BCUT2D eigenvalue weighted by molar-refractivity contribution is 6.58. The number of rotatable bonds is 1. The summed E-state index contributed by atoms with van der Waals surface area (Å²) in [6, 6.07) is 0. The molecule has 0 heterocycles. The van der Waals surface area contributed by atoms with Crippen molar-refractivity contribution >= 4 is 104 Å². The molecule has 0 aliphatic rings. The van der Waals surface area contributed by atoms with E-state index in [0.717, 1.165) is 5.54 Å². The Hall–Kier alpha value is 2.35. The van der Waals surface area contributed by atoms with Crippen LogP contribution in [0.2, 0.25) is 0 Å². The first kappa shape index (κ1) is 26.8. The molecule has 0 fully saturated rings. The summed E-state index contributed by atoms with van der Waals surface area (Å²) in [5.41, 5.74) is 1.09. The SMILES string of the molecule is CC(Cl)Cl.ClC=C(Cl)Cl.ClCCCl.ClCCl. The van der Waals surface area contributed by atoms with Crippen molar-refractivity contribution in [1.29, 1.82) is 0 Å². The molecule has 0 atom stereocenters. The first-order chi connectivity index (χ1) is 7.33. The maximum Gasteiger partial charge on any atom is 0.118 e. The fourth-order valence-corrected chi connectivity index (χ4v) is 0. The van der Waals surface area contributed by atoms with Crippen LogP contribution in [0.15, 0.2) is 10.0 Å². The van der Waals surface area contributed by atoms with E-state index in [9.17, 15) is 0 Å². The molecule has 0 bridgehead atoms. The second-order valence-corrected chi connectivity index (χ2v) is 5.72. The molecule has 9 heteroatoms. The van der Waals surface area contributed by atoms with E-state index in [1.807, 2.05) is 0 Å². The van der Waals surface area contributed by atoms with Crippen LogP contribution >= 0.6 is 104 Å². The minimum Gasteiger partial charge on any atom is -0.125 e. The minimum atomic E-state index is -0.222. The Morgan fingerprint density at radius 3 is 1.12 bits per heavy atom. The summed E-state index contributed by atoms with van der Waals surface area (Å²) in [4.78, 5) is -0.222. The lowest BCUT2D eigenvalue weighted by molar-refractivity contribution is 1.39. The molecule has 0 aromatic heterocycles. The molecule has 0 spiro atoms. The van der Waals surface area contributed by atoms with Gasteiger partial charge in [-0.05, 0) is 6.92 Å². The number of hydrogen-bond donors (Lipinski definition) is 0. The van der Waals surface area contributed by atoms with Crippen LogP contribution in [-0.4, -0.2) is 21.9 Å². The van der Waals surface area contributed by atoms with E-state index in [4.69, 9.17) is 104 Å². The van der Waals surface area contributed by atoms with Crippen LogP contribution in [0, 0.1) is 0 Å². The first-order valence-electron chi connectivity index (χ1n) is 3.47. The smallest absolute Gasteiger partial charge is 0.118 e. The van der Waals surface area contributed by atoms with Gasteiger partial charge in [0.2, 0.25) is 0 Å². The maximum atomic E-state index is 5.05. The zero-order valence-corrected chi connectivity index (χ0v) is 15.0. The average molecular weight is 414 g/mol. The van der Waals surface area contributed by atoms with Gasteiger partial charge in [0.25, 0.3) is 0 Å². The van der Waals surface area contributed by atoms with Gasteiger partial charge in [-0.15, -0.1) is 69.6 Å². The Morgan fingerprint density at radius 1 is 1.00 bits per heavy atom. The van der Waals surface area contributed by atoms with Crippen molar-refractivity contribution in [3.05, 3.63) is 10.0 Å². The van der Waals surface area contributed by atoms with Gasteiger partial charge < -0.3 is 0 Å². The highest BCUT2D eigenvalue weighted by Crippen LogP contribution is 2.05. The Labute approximate surface area is 142 Å². The highest BCUT2D eigenvalue weighted by atomic mass is 35.5. The molecule has 0 saturated carbocycles. The van der Waals surface area contributed by atoms with Gasteiger partial charge in [0.1, 0.15) is 9.33 Å². The molecule has 0 N–H and O–H groups in total. The molecular weight excluding hydrogens is 403 g/mol. The van der Waals surface area contributed by atoms with Crippen LogP contribution in [0.4, 0.5) is 0 Å². The Kier molecular flexibility index (Phi) is 51.0. The van der Waals surface area contributed by atoms with Gasteiger partial charge in [0, 0.05) is 17.3 Å². The monoisotopic (exact) mass is 410 g/mol. The summed E-state index contributed by atoms with van der Waals surface area (Å²) in [6.45, 7) is 1.70. The number of alkyl halides is 6. The van der Waals surface area contributed by atoms with Crippen LogP contribution in [-0.2, 0) is 0 Å². The van der Waals surface area contributed by atoms with Crippen LogP contribution < -0.4 is 0 Å². The van der Waals surface area contributed by atoms with Crippen molar-refractivity contribution in [2.75, 3.05) is 17.1 Å². The molecule has 0 nitrogen and oxygen atoms in total. The van der Waals surface area contributed by atoms with Gasteiger partial charge >= 0.3 is 0 Å². The lowest BCUT2D eigenvalue weighted by atomic mass is 11.0. The second kappa shape index (κ2) is 30.4. The lowest BCUT2D eigenvalue weighted by Gasteiger charge is -1.72. The van der Waals surface area contributed by atoms with E-state index in [1.165, 1.54) is 0 Å². The Balaban J connectivity index is -0.0000000610. The van der Waals surface area contributed by atoms with Gasteiger partial charge in [-0.3, -0.25) is 0 Å². The molecule has 0 rings (SSSR count). The van der Waals surface area contributed by atoms with Crippen molar-refractivity contribution in [2.24, 2.45) is 0 Å². The van der Waals surface area contributed by atoms with Crippen molar-refractivity contribution in [3.8, 4) is 0 Å². The molecule has 16 heavy (non-hydrogen) atoms. The van der Waals surface area contributed by atoms with Crippen LogP contribution in [0.1, 0.15) is 6.92 Å². The third kappa shape index (κ3) is 135. The van der Waals surface area contributed by atoms with Crippen molar-refractivity contribution < 1.29 is 0 Å². The number of hydrogen-bond acceptors (Lipinski definition) is 0. The zero-order valence-electron chi connectivity index (χ0n) is 8.18. The molecule has 0 aromatic rings. The van der Waals surface area contributed by atoms with Gasteiger partial charge in [0.15, 0.2) is 0 Å². The average Bonchev–Trinajstić information content (AvgIpc) is 2.18. The topological polar surface area (TPSA) is 0 Å². The van der Waals surface area contributed by atoms with Crippen LogP contribution in [0.3, 0.4) is 0 Å². The van der Waals surface area contributed by atoms with E-state index in [1.54, 1.807) is 6.92 Å². The molecule has 0 radical (unpaired) electrons. The van der Waals surface area contributed by atoms with E-state index < -0.39 is 0 Å². The predicted molar refractivity (Wildman–Crippen MR) is 84.8 cm³/mol. The van der Waals surface area contributed by atoms with E-state index in [0.29, 0.717) is 11.8 Å². The van der Waals surface area contributed by atoms with Gasteiger partial charge in [0.05, 0.1) is 5.34 Å².